The first-order chi connectivity index (χ1) is 3.93. The van der Waals surface area contributed by atoms with Crippen LogP contribution in [-0.2, 0) is 0 Å². The Morgan fingerprint density at radius 1 is 1.75 bits per heavy atom. The maximum absolute atomic E-state index is 4.79. The summed E-state index contributed by atoms with van der Waals surface area (Å²) in [5, 5.41) is 0. The quantitative estimate of drug-likeness (QED) is 0.464. The van der Waals surface area contributed by atoms with E-state index in [0.29, 0.717) is 5.89 Å². The van der Waals surface area contributed by atoms with Gasteiger partial charge in [0.05, 0.1) is 6.20 Å². The Kier molecular flexibility index (Phi) is 1.34. The second-order valence-electron chi connectivity index (χ2n) is 1.21. The largest absolute Gasteiger partial charge is 0.439 e. The Bertz CT molecular complexity index is 202. The first kappa shape index (κ1) is 4.92. The Morgan fingerprint density at radius 3 is 3.12 bits per heavy atom. The number of rotatable bonds is 0. The van der Waals surface area contributed by atoms with E-state index >= 15 is 0 Å². The summed E-state index contributed by atoms with van der Waals surface area (Å²) in [5.74, 6) is 5.80. The third-order valence-corrected chi connectivity index (χ3v) is 0.664. The molecule has 0 radical (unpaired) electrons. The minimum Gasteiger partial charge on any atom is -0.439 e. The molecule has 0 N–H and O–H groups in total. The molecule has 0 bridgehead atoms. The van der Waals surface area contributed by atoms with Crippen LogP contribution in [0.25, 0.3) is 0 Å². The van der Waals surface area contributed by atoms with E-state index in [1.54, 1.807) is 13.1 Å². The monoisotopic (exact) mass is 108 g/mol. The van der Waals surface area contributed by atoms with E-state index < -0.39 is 0 Å². The fourth-order valence-electron chi connectivity index (χ4n) is 0.392. The summed E-state index contributed by atoms with van der Waals surface area (Å²) in [6.07, 6.45) is 3.07. The first-order valence-electron chi connectivity index (χ1n) is 2.25. The van der Waals surface area contributed by atoms with Crippen LogP contribution in [0.4, 0.5) is 0 Å². The predicted molar refractivity (Wildman–Crippen MR) is 29.1 cm³/mol. The molecule has 40 valence electrons. The molecule has 0 aliphatic carbocycles. The molecule has 0 fully saturated rings. The highest BCUT2D eigenvalue weighted by Crippen LogP contribution is 1.88. The average Bonchev–Trinajstić information content (AvgIpc) is 2.19. The number of nitrogens with zero attached hydrogens (tertiary/aromatic N) is 1. The molecule has 0 aliphatic heterocycles. The standard InChI is InChI=1S/C6H5NO/c1-2-3-6-7-4-5-8-6/h4-5H,1H3/i7+1. The van der Waals surface area contributed by atoms with Crippen molar-refractivity contribution in [2.45, 2.75) is 6.92 Å². The van der Waals surface area contributed by atoms with Gasteiger partial charge < -0.3 is 4.42 Å². The van der Waals surface area contributed by atoms with Gasteiger partial charge in [0.2, 0.25) is 0 Å². The van der Waals surface area contributed by atoms with Gasteiger partial charge in [-0.05, 0) is 12.8 Å². The lowest BCUT2D eigenvalue weighted by atomic mass is 10.6. The summed E-state index contributed by atoms with van der Waals surface area (Å²) in [5.41, 5.74) is 0. The zero-order valence-corrected chi connectivity index (χ0v) is 4.51. The van der Waals surface area contributed by atoms with Gasteiger partial charge in [-0.1, -0.05) is 5.92 Å². The number of aromatic nitrogens is 1. The van der Waals surface area contributed by atoms with Crippen LogP contribution in [-0.4, -0.2) is 4.98 Å². The molecule has 0 spiro atoms. The summed E-state index contributed by atoms with van der Waals surface area (Å²) in [6.45, 7) is 1.74. The van der Waals surface area contributed by atoms with Crippen molar-refractivity contribution in [3.8, 4) is 11.8 Å². The van der Waals surface area contributed by atoms with Gasteiger partial charge in [0, 0.05) is 0 Å². The van der Waals surface area contributed by atoms with Crippen LogP contribution < -0.4 is 0 Å². The van der Waals surface area contributed by atoms with Crippen molar-refractivity contribution in [2.24, 2.45) is 0 Å². The molecule has 0 aliphatic rings. The minimum atomic E-state index is 0.479. The molecule has 1 aromatic rings. The summed E-state index contributed by atoms with van der Waals surface area (Å²) in [7, 11) is 0. The van der Waals surface area contributed by atoms with Crippen LogP contribution in [0.3, 0.4) is 0 Å². The normalized spacial score (nSPS) is 7.62. The van der Waals surface area contributed by atoms with Gasteiger partial charge in [0.25, 0.3) is 5.89 Å². The molecular weight excluding hydrogens is 103 g/mol. The molecule has 1 heterocycles. The van der Waals surface area contributed by atoms with Gasteiger partial charge >= 0.3 is 0 Å². The van der Waals surface area contributed by atoms with Crippen molar-refractivity contribution in [2.75, 3.05) is 0 Å². The summed E-state index contributed by atoms with van der Waals surface area (Å²) < 4.78 is 4.79. The van der Waals surface area contributed by atoms with Crippen molar-refractivity contribution in [3.05, 3.63) is 18.4 Å². The lowest BCUT2D eigenvalue weighted by molar-refractivity contribution is 0.543. The fraction of sp³-hybridized carbons (Fsp3) is 0.167. The molecule has 1 rings (SSSR count). The van der Waals surface area contributed by atoms with Crippen LogP contribution in [0, 0.1) is 11.8 Å². The van der Waals surface area contributed by atoms with Crippen LogP contribution in [0.15, 0.2) is 16.9 Å². The zero-order chi connectivity index (χ0) is 5.82. The van der Waals surface area contributed by atoms with Crippen molar-refractivity contribution in [1.29, 1.82) is 0 Å². The van der Waals surface area contributed by atoms with Crippen LogP contribution in [0.5, 0.6) is 0 Å². The highest BCUT2D eigenvalue weighted by atomic mass is 16.4. The lowest BCUT2D eigenvalue weighted by Crippen LogP contribution is -1.66. The third kappa shape index (κ3) is 0.881. The van der Waals surface area contributed by atoms with Crippen molar-refractivity contribution in [1.82, 2.24) is 4.98 Å². The van der Waals surface area contributed by atoms with E-state index in [4.69, 9.17) is 4.42 Å². The second kappa shape index (κ2) is 2.17. The second-order valence-corrected chi connectivity index (χ2v) is 1.21. The van der Waals surface area contributed by atoms with Gasteiger partial charge in [-0.2, -0.15) is 0 Å². The molecule has 0 atom stereocenters. The molecule has 8 heavy (non-hydrogen) atoms. The van der Waals surface area contributed by atoms with Crippen LogP contribution >= 0.6 is 0 Å². The van der Waals surface area contributed by atoms with Gasteiger partial charge in [0.15, 0.2) is 0 Å². The highest BCUT2D eigenvalue weighted by Gasteiger charge is 1.83. The molecule has 0 amide bonds. The first-order valence-corrected chi connectivity index (χ1v) is 2.25. The molecule has 0 unspecified atom stereocenters. The van der Waals surface area contributed by atoms with E-state index in [-0.39, 0.29) is 0 Å². The minimum absolute atomic E-state index is 0.479. The van der Waals surface area contributed by atoms with Crippen molar-refractivity contribution < 1.29 is 4.42 Å². The van der Waals surface area contributed by atoms with E-state index in [1.807, 2.05) is 0 Å². The average molecular weight is 108 g/mol. The Balaban J connectivity index is 2.88. The predicted octanol–water partition coefficient (Wildman–Crippen LogP) is 1.05. The summed E-state index contributed by atoms with van der Waals surface area (Å²) >= 11 is 0. The smallest absolute Gasteiger partial charge is 0.273 e. The maximum Gasteiger partial charge on any atom is 0.273 e. The van der Waals surface area contributed by atoms with E-state index in [2.05, 4.69) is 16.8 Å². The Hall–Kier alpha value is -1.23. The van der Waals surface area contributed by atoms with Gasteiger partial charge in [-0.25, -0.2) is 4.98 Å². The molecule has 0 aromatic carbocycles. The van der Waals surface area contributed by atoms with Crippen molar-refractivity contribution in [3.63, 3.8) is 0 Å². The SMILES string of the molecule is CC#Cc1[15n]cco1. The fourth-order valence-corrected chi connectivity index (χ4v) is 0.392. The molecule has 2 nitrogen and oxygen atoms in total. The van der Waals surface area contributed by atoms with Gasteiger partial charge in [0.1, 0.15) is 6.26 Å². The van der Waals surface area contributed by atoms with E-state index in [0.717, 1.165) is 0 Å². The highest BCUT2D eigenvalue weighted by molar-refractivity contribution is 5.15. The maximum atomic E-state index is 4.79. The zero-order valence-electron chi connectivity index (χ0n) is 4.51. The Labute approximate surface area is 47.5 Å². The van der Waals surface area contributed by atoms with Crippen LogP contribution in [0.1, 0.15) is 12.8 Å². The lowest BCUT2D eigenvalue weighted by Gasteiger charge is -1.69. The van der Waals surface area contributed by atoms with E-state index in [1.165, 1.54) is 6.26 Å². The molecule has 0 saturated heterocycles. The molecular formula is C6H5NO. The van der Waals surface area contributed by atoms with Crippen molar-refractivity contribution >= 4 is 0 Å². The number of hydrogen-bond donors (Lipinski definition) is 0. The molecule has 2 heteroatoms. The summed E-state index contributed by atoms with van der Waals surface area (Å²) in [6, 6.07) is 0. The molecule has 1 aromatic heterocycles. The third-order valence-electron chi connectivity index (χ3n) is 0.664. The van der Waals surface area contributed by atoms with Crippen LogP contribution in [0.2, 0.25) is 0 Å². The number of hydrogen-bond acceptors (Lipinski definition) is 2. The molecule has 0 saturated carbocycles. The van der Waals surface area contributed by atoms with E-state index in [9.17, 15) is 0 Å². The van der Waals surface area contributed by atoms with Gasteiger partial charge in [-0.15, -0.1) is 0 Å². The van der Waals surface area contributed by atoms with Gasteiger partial charge in [-0.3, -0.25) is 0 Å². The number of oxazole rings is 1. The Morgan fingerprint density at radius 2 is 2.62 bits per heavy atom. The summed E-state index contributed by atoms with van der Waals surface area (Å²) in [4.78, 5) is 3.77. The topological polar surface area (TPSA) is 26.0 Å².